The number of hydrogen-bond donors (Lipinski definition) is 1. The highest BCUT2D eigenvalue weighted by atomic mass is 16.5. The number of ether oxygens (including phenoxy) is 2. The highest BCUT2D eigenvalue weighted by Crippen LogP contribution is 2.24. The van der Waals surface area contributed by atoms with Gasteiger partial charge in [0.05, 0.1) is 7.11 Å². The molecule has 1 N–H and O–H groups in total. The van der Waals surface area contributed by atoms with Gasteiger partial charge in [0.1, 0.15) is 17.6 Å². The minimum atomic E-state index is 0.283. The maximum absolute atomic E-state index is 6.12. The molecule has 0 aromatic heterocycles. The second kappa shape index (κ2) is 6.64. The second-order valence-corrected chi connectivity index (χ2v) is 4.87. The first-order chi connectivity index (χ1) is 8.83. The van der Waals surface area contributed by atoms with Crippen molar-refractivity contribution in [3.63, 3.8) is 0 Å². The van der Waals surface area contributed by atoms with Gasteiger partial charge in [0.15, 0.2) is 0 Å². The fourth-order valence-electron chi connectivity index (χ4n) is 2.57. The molecule has 0 radical (unpaired) electrons. The van der Waals surface area contributed by atoms with Crippen LogP contribution < -0.4 is 14.8 Å². The lowest BCUT2D eigenvalue weighted by atomic mass is 10.1. The van der Waals surface area contributed by atoms with Gasteiger partial charge >= 0.3 is 0 Å². The Morgan fingerprint density at radius 1 is 1.00 bits per heavy atom. The summed E-state index contributed by atoms with van der Waals surface area (Å²) in [6.07, 6.45) is 6.51. The van der Waals surface area contributed by atoms with Gasteiger partial charge in [-0.15, -0.1) is 0 Å². The standard InChI is InChI=1S/C15H23NO2/c1-16-14-6-4-3-5-7-15(14)18-13-10-8-12(17-2)9-11-13/h8-11,14-16H,3-7H2,1-2H3. The van der Waals surface area contributed by atoms with E-state index in [9.17, 15) is 0 Å². The van der Waals surface area contributed by atoms with Crippen LogP contribution in [0.3, 0.4) is 0 Å². The molecule has 1 fully saturated rings. The molecular formula is C15H23NO2. The van der Waals surface area contributed by atoms with Gasteiger partial charge in [-0.05, 0) is 50.6 Å². The Bertz CT molecular complexity index is 350. The molecule has 3 heteroatoms. The van der Waals surface area contributed by atoms with Crippen LogP contribution in [0, 0.1) is 0 Å². The number of hydrogen-bond acceptors (Lipinski definition) is 3. The molecule has 0 bridgehead atoms. The van der Waals surface area contributed by atoms with E-state index in [4.69, 9.17) is 9.47 Å². The Hall–Kier alpha value is -1.22. The van der Waals surface area contributed by atoms with E-state index in [0.29, 0.717) is 6.04 Å². The molecule has 1 aromatic carbocycles. The molecule has 3 nitrogen and oxygen atoms in total. The van der Waals surface area contributed by atoms with Gasteiger partial charge in [0.2, 0.25) is 0 Å². The van der Waals surface area contributed by atoms with E-state index >= 15 is 0 Å². The molecule has 0 spiro atoms. The Morgan fingerprint density at radius 2 is 1.67 bits per heavy atom. The molecular weight excluding hydrogens is 226 g/mol. The maximum Gasteiger partial charge on any atom is 0.120 e. The maximum atomic E-state index is 6.12. The lowest BCUT2D eigenvalue weighted by Gasteiger charge is -2.25. The van der Waals surface area contributed by atoms with Crippen LogP contribution >= 0.6 is 0 Å². The Balaban J connectivity index is 2.00. The van der Waals surface area contributed by atoms with Gasteiger partial charge in [-0.25, -0.2) is 0 Å². The van der Waals surface area contributed by atoms with Crippen LogP contribution in [0.2, 0.25) is 0 Å². The summed E-state index contributed by atoms with van der Waals surface area (Å²) in [5, 5.41) is 3.39. The second-order valence-electron chi connectivity index (χ2n) is 4.87. The molecule has 1 aromatic rings. The molecule has 0 aliphatic heterocycles. The van der Waals surface area contributed by atoms with E-state index < -0.39 is 0 Å². The third-order valence-electron chi connectivity index (χ3n) is 3.67. The third kappa shape index (κ3) is 3.39. The molecule has 0 amide bonds. The molecule has 1 aliphatic rings. The summed E-state index contributed by atoms with van der Waals surface area (Å²) < 4.78 is 11.3. The number of likely N-dealkylation sites (N-methyl/N-ethyl adjacent to an activating group) is 1. The van der Waals surface area contributed by atoms with Crippen LogP contribution in [0.5, 0.6) is 11.5 Å². The van der Waals surface area contributed by atoms with Crippen molar-refractivity contribution >= 4 is 0 Å². The fourth-order valence-corrected chi connectivity index (χ4v) is 2.57. The van der Waals surface area contributed by atoms with Crippen LogP contribution in [-0.4, -0.2) is 26.3 Å². The quantitative estimate of drug-likeness (QED) is 0.832. The van der Waals surface area contributed by atoms with E-state index in [1.165, 1.54) is 25.7 Å². The summed E-state index contributed by atoms with van der Waals surface area (Å²) in [5.74, 6) is 1.80. The molecule has 2 unspecified atom stereocenters. The van der Waals surface area contributed by atoms with Crippen molar-refractivity contribution in [2.24, 2.45) is 0 Å². The Labute approximate surface area is 109 Å². The fraction of sp³-hybridized carbons (Fsp3) is 0.600. The minimum Gasteiger partial charge on any atom is -0.497 e. The molecule has 2 atom stereocenters. The summed E-state index contributed by atoms with van der Waals surface area (Å²) >= 11 is 0. The van der Waals surface area contributed by atoms with Crippen LogP contribution in [0.1, 0.15) is 32.1 Å². The molecule has 1 aliphatic carbocycles. The van der Waals surface area contributed by atoms with Gasteiger partial charge in [0, 0.05) is 6.04 Å². The third-order valence-corrected chi connectivity index (χ3v) is 3.67. The minimum absolute atomic E-state index is 0.283. The van der Waals surface area contributed by atoms with Crippen LogP contribution in [0.25, 0.3) is 0 Å². The summed E-state index contributed by atoms with van der Waals surface area (Å²) in [6.45, 7) is 0. The molecule has 18 heavy (non-hydrogen) atoms. The van der Waals surface area contributed by atoms with Gasteiger partial charge in [-0.3, -0.25) is 0 Å². The lowest BCUT2D eigenvalue weighted by Crippen LogP contribution is -2.40. The van der Waals surface area contributed by atoms with Crippen molar-refractivity contribution in [3.8, 4) is 11.5 Å². The van der Waals surface area contributed by atoms with Crippen molar-refractivity contribution in [2.75, 3.05) is 14.2 Å². The van der Waals surface area contributed by atoms with Crippen molar-refractivity contribution in [1.82, 2.24) is 5.32 Å². The zero-order valence-corrected chi connectivity index (χ0v) is 11.3. The molecule has 2 rings (SSSR count). The molecule has 100 valence electrons. The Kier molecular flexibility index (Phi) is 4.88. The van der Waals surface area contributed by atoms with E-state index in [1.54, 1.807) is 7.11 Å². The van der Waals surface area contributed by atoms with Crippen LogP contribution in [0.15, 0.2) is 24.3 Å². The number of methoxy groups -OCH3 is 1. The van der Waals surface area contributed by atoms with Gasteiger partial charge in [-0.2, -0.15) is 0 Å². The number of rotatable bonds is 4. The highest BCUT2D eigenvalue weighted by molar-refractivity contribution is 5.31. The van der Waals surface area contributed by atoms with E-state index in [2.05, 4.69) is 5.32 Å². The lowest BCUT2D eigenvalue weighted by molar-refractivity contribution is 0.148. The molecule has 0 heterocycles. The van der Waals surface area contributed by atoms with Crippen LogP contribution in [-0.2, 0) is 0 Å². The monoisotopic (exact) mass is 249 g/mol. The summed E-state index contributed by atoms with van der Waals surface area (Å²) in [6, 6.07) is 8.32. The number of nitrogens with one attached hydrogen (secondary N) is 1. The smallest absolute Gasteiger partial charge is 0.120 e. The van der Waals surface area contributed by atoms with Gasteiger partial charge in [-0.1, -0.05) is 12.8 Å². The zero-order valence-electron chi connectivity index (χ0n) is 11.3. The largest absolute Gasteiger partial charge is 0.497 e. The average Bonchev–Trinajstić information content (AvgIpc) is 2.64. The van der Waals surface area contributed by atoms with E-state index in [1.807, 2.05) is 31.3 Å². The number of benzene rings is 1. The normalized spacial score (nSPS) is 24.3. The highest BCUT2D eigenvalue weighted by Gasteiger charge is 2.23. The SMILES string of the molecule is CNC1CCCCCC1Oc1ccc(OC)cc1. The first kappa shape index (κ1) is 13.2. The summed E-state index contributed by atoms with van der Waals surface area (Å²) in [4.78, 5) is 0. The predicted molar refractivity (Wildman–Crippen MR) is 73.3 cm³/mol. The molecule has 1 saturated carbocycles. The summed E-state index contributed by atoms with van der Waals surface area (Å²) in [5.41, 5.74) is 0. The first-order valence-electron chi connectivity index (χ1n) is 6.81. The first-order valence-corrected chi connectivity index (χ1v) is 6.81. The van der Waals surface area contributed by atoms with Crippen molar-refractivity contribution in [2.45, 2.75) is 44.2 Å². The van der Waals surface area contributed by atoms with Gasteiger partial charge < -0.3 is 14.8 Å². The molecule has 0 saturated heterocycles. The van der Waals surface area contributed by atoms with E-state index in [-0.39, 0.29) is 6.10 Å². The average molecular weight is 249 g/mol. The Morgan fingerprint density at radius 3 is 2.33 bits per heavy atom. The van der Waals surface area contributed by atoms with Crippen molar-refractivity contribution in [3.05, 3.63) is 24.3 Å². The van der Waals surface area contributed by atoms with Crippen molar-refractivity contribution in [1.29, 1.82) is 0 Å². The summed E-state index contributed by atoms with van der Waals surface area (Å²) in [7, 11) is 3.71. The van der Waals surface area contributed by atoms with Crippen LogP contribution in [0.4, 0.5) is 0 Å². The topological polar surface area (TPSA) is 30.5 Å². The van der Waals surface area contributed by atoms with Crippen molar-refractivity contribution < 1.29 is 9.47 Å². The predicted octanol–water partition coefficient (Wildman–Crippen LogP) is 2.99. The zero-order chi connectivity index (χ0) is 12.8. The van der Waals surface area contributed by atoms with E-state index in [0.717, 1.165) is 17.9 Å². The van der Waals surface area contributed by atoms with Gasteiger partial charge in [0.25, 0.3) is 0 Å².